The van der Waals surface area contributed by atoms with Crippen molar-refractivity contribution in [1.29, 1.82) is 0 Å². The van der Waals surface area contributed by atoms with Crippen LogP contribution in [0, 0.1) is 0 Å². The molecule has 1 amide bonds. The van der Waals surface area contributed by atoms with Crippen LogP contribution in [0.1, 0.15) is 42.3 Å². The Morgan fingerprint density at radius 1 is 1.12 bits per heavy atom. The van der Waals surface area contributed by atoms with Gasteiger partial charge in [0.05, 0.1) is 16.7 Å². The number of carbonyl (C=O) groups excluding carboxylic acids is 1. The lowest BCUT2D eigenvalue weighted by Crippen LogP contribution is -2.23. The minimum absolute atomic E-state index is 0.149. The van der Waals surface area contributed by atoms with E-state index in [9.17, 15) is 10.0 Å². The molecule has 1 heterocycles. The Morgan fingerprint density at radius 2 is 1.65 bits per heavy atom. The summed E-state index contributed by atoms with van der Waals surface area (Å²) in [6.45, 7) is 1.49. The standard InChI is InChI=1S/C13H16N2O2/c1-8(16)14-13-9-4-2-6-11(9)15(17)12-7-3-5-10(12)13/h17H,2-7H2,1H3. The van der Waals surface area contributed by atoms with E-state index in [1.807, 2.05) is 0 Å². The molecular formula is C13H16N2O2. The van der Waals surface area contributed by atoms with Gasteiger partial charge >= 0.3 is 0 Å². The summed E-state index contributed by atoms with van der Waals surface area (Å²) in [5.74, 6) is -0.149. The van der Waals surface area contributed by atoms with Crippen LogP contribution >= 0.6 is 0 Å². The lowest BCUT2D eigenvalue weighted by Gasteiger charge is -2.13. The zero-order chi connectivity index (χ0) is 12.0. The number of aromatic nitrogens is 1. The molecule has 1 aromatic rings. The number of fused-ring (bicyclic) bond motifs is 2. The van der Waals surface area contributed by atoms with Gasteiger partial charge in [-0.3, -0.25) is 4.79 Å². The number of carbonyl (C=O) groups is 1. The number of nitrogens with zero attached hydrogens (tertiary/aromatic N) is 2. The number of amides is 1. The Balaban J connectivity index is 2.38. The maximum Gasteiger partial charge on any atom is 0.243 e. The molecule has 0 saturated carbocycles. The molecule has 0 aliphatic heterocycles. The maximum absolute atomic E-state index is 11.3. The van der Waals surface area contributed by atoms with E-state index in [1.54, 1.807) is 0 Å². The average molecular weight is 232 g/mol. The first-order chi connectivity index (χ1) is 8.18. The summed E-state index contributed by atoms with van der Waals surface area (Å²) in [7, 11) is 0. The van der Waals surface area contributed by atoms with Crippen molar-refractivity contribution < 1.29 is 10.0 Å². The quantitative estimate of drug-likeness (QED) is 0.682. The zero-order valence-electron chi connectivity index (χ0n) is 9.99. The molecule has 3 rings (SSSR count). The van der Waals surface area contributed by atoms with Gasteiger partial charge in [0, 0.05) is 18.1 Å². The third kappa shape index (κ3) is 1.51. The molecule has 4 nitrogen and oxygen atoms in total. The predicted molar refractivity (Wildman–Crippen MR) is 61.9 cm³/mol. The van der Waals surface area contributed by atoms with Crippen molar-refractivity contribution in [1.82, 2.24) is 4.73 Å². The third-order valence-corrected chi connectivity index (χ3v) is 3.73. The van der Waals surface area contributed by atoms with Gasteiger partial charge in [-0.05, 0) is 38.5 Å². The largest absolute Gasteiger partial charge is 0.428 e. The molecule has 0 aromatic carbocycles. The molecular weight excluding hydrogens is 216 g/mol. The topological polar surface area (TPSA) is 54.6 Å². The fourth-order valence-electron chi connectivity index (χ4n) is 3.07. The highest BCUT2D eigenvalue weighted by atomic mass is 16.5. The van der Waals surface area contributed by atoms with Crippen LogP contribution in [0.4, 0.5) is 0 Å². The molecule has 2 aliphatic rings. The molecule has 4 heteroatoms. The molecule has 0 unspecified atom stereocenters. The molecule has 0 fully saturated rings. The SMILES string of the molecule is CC(=O)N=c1c2c(n(O)c3c1CCC3)CCC2. The van der Waals surface area contributed by atoms with Crippen molar-refractivity contribution in [3.8, 4) is 0 Å². The second-order valence-corrected chi connectivity index (χ2v) is 4.85. The molecule has 17 heavy (non-hydrogen) atoms. The summed E-state index contributed by atoms with van der Waals surface area (Å²) < 4.78 is 1.36. The fraction of sp³-hybridized carbons (Fsp3) is 0.538. The van der Waals surface area contributed by atoms with Crippen LogP contribution in [0.2, 0.25) is 0 Å². The lowest BCUT2D eigenvalue weighted by atomic mass is 10.1. The summed E-state index contributed by atoms with van der Waals surface area (Å²) in [6, 6.07) is 0. The van der Waals surface area contributed by atoms with Crippen LogP contribution in [-0.4, -0.2) is 15.8 Å². The minimum Gasteiger partial charge on any atom is -0.428 e. The van der Waals surface area contributed by atoms with Gasteiger partial charge in [0.2, 0.25) is 5.91 Å². The van der Waals surface area contributed by atoms with Crippen molar-refractivity contribution in [2.24, 2.45) is 4.99 Å². The van der Waals surface area contributed by atoms with Crippen molar-refractivity contribution in [2.45, 2.75) is 45.4 Å². The Labute approximate surface area is 99.6 Å². The van der Waals surface area contributed by atoms with Crippen LogP contribution in [0.3, 0.4) is 0 Å². The van der Waals surface area contributed by atoms with E-state index in [0.717, 1.165) is 66.4 Å². The van der Waals surface area contributed by atoms with E-state index in [2.05, 4.69) is 4.99 Å². The molecule has 1 aromatic heterocycles. The smallest absolute Gasteiger partial charge is 0.243 e. The van der Waals surface area contributed by atoms with Crippen LogP contribution in [0.5, 0.6) is 0 Å². The summed E-state index contributed by atoms with van der Waals surface area (Å²) >= 11 is 0. The van der Waals surface area contributed by atoms with E-state index in [-0.39, 0.29) is 5.91 Å². The number of pyridine rings is 1. The Bertz CT molecular complexity index is 532. The van der Waals surface area contributed by atoms with Gasteiger partial charge < -0.3 is 5.21 Å². The molecule has 0 spiro atoms. The lowest BCUT2D eigenvalue weighted by molar-refractivity contribution is -0.116. The number of hydrogen-bond donors (Lipinski definition) is 1. The highest BCUT2D eigenvalue weighted by molar-refractivity contribution is 5.74. The summed E-state index contributed by atoms with van der Waals surface area (Å²) in [5.41, 5.74) is 4.10. The normalized spacial score (nSPS) is 16.8. The zero-order valence-corrected chi connectivity index (χ0v) is 9.99. The van der Waals surface area contributed by atoms with E-state index in [0.29, 0.717) is 0 Å². The minimum atomic E-state index is -0.149. The summed E-state index contributed by atoms with van der Waals surface area (Å²) in [6.07, 6.45) is 5.71. The van der Waals surface area contributed by atoms with Crippen molar-refractivity contribution in [3.63, 3.8) is 0 Å². The van der Waals surface area contributed by atoms with Crippen LogP contribution < -0.4 is 5.36 Å². The first-order valence-electron chi connectivity index (χ1n) is 6.21. The molecule has 0 saturated heterocycles. The Kier molecular flexibility index (Phi) is 2.31. The highest BCUT2D eigenvalue weighted by Crippen LogP contribution is 2.26. The van der Waals surface area contributed by atoms with Crippen molar-refractivity contribution in [2.75, 3.05) is 0 Å². The van der Waals surface area contributed by atoms with Gasteiger partial charge in [0.15, 0.2) is 0 Å². The molecule has 90 valence electrons. The van der Waals surface area contributed by atoms with Crippen LogP contribution in [0.15, 0.2) is 4.99 Å². The van der Waals surface area contributed by atoms with Gasteiger partial charge in [-0.15, -0.1) is 0 Å². The average Bonchev–Trinajstić information content (AvgIpc) is 2.92. The monoisotopic (exact) mass is 232 g/mol. The van der Waals surface area contributed by atoms with E-state index in [1.165, 1.54) is 11.7 Å². The predicted octanol–water partition coefficient (Wildman–Crippen LogP) is 1.15. The van der Waals surface area contributed by atoms with Gasteiger partial charge in [0.25, 0.3) is 0 Å². The number of hydrogen-bond acceptors (Lipinski definition) is 2. The molecule has 2 aliphatic carbocycles. The first kappa shape index (κ1) is 10.6. The van der Waals surface area contributed by atoms with Gasteiger partial charge in [-0.1, -0.05) is 0 Å². The van der Waals surface area contributed by atoms with E-state index < -0.39 is 0 Å². The van der Waals surface area contributed by atoms with Gasteiger partial charge in [-0.2, -0.15) is 4.73 Å². The van der Waals surface area contributed by atoms with Crippen LogP contribution in [0.25, 0.3) is 0 Å². The summed E-state index contributed by atoms with van der Waals surface area (Å²) in [5, 5.41) is 11.0. The third-order valence-electron chi connectivity index (χ3n) is 3.73. The Morgan fingerprint density at radius 3 is 2.12 bits per heavy atom. The summed E-state index contributed by atoms with van der Waals surface area (Å²) in [4.78, 5) is 15.4. The van der Waals surface area contributed by atoms with Gasteiger partial charge in [-0.25, -0.2) is 4.99 Å². The maximum atomic E-state index is 11.3. The molecule has 0 atom stereocenters. The molecule has 0 radical (unpaired) electrons. The van der Waals surface area contributed by atoms with E-state index in [4.69, 9.17) is 0 Å². The number of rotatable bonds is 0. The Hall–Kier alpha value is -1.58. The van der Waals surface area contributed by atoms with E-state index >= 15 is 0 Å². The second-order valence-electron chi connectivity index (χ2n) is 4.85. The first-order valence-corrected chi connectivity index (χ1v) is 6.21. The van der Waals surface area contributed by atoms with Crippen molar-refractivity contribution in [3.05, 3.63) is 27.9 Å². The van der Waals surface area contributed by atoms with Gasteiger partial charge in [0.1, 0.15) is 0 Å². The fourth-order valence-corrected chi connectivity index (χ4v) is 3.07. The van der Waals surface area contributed by atoms with Crippen molar-refractivity contribution >= 4 is 5.91 Å². The highest BCUT2D eigenvalue weighted by Gasteiger charge is 2.26. The van der Waals surface area contributed by atoms with Crippen LogP contribution in [-0.2, 0) is 30.5 Å². The second kappa shape index (κ2) is 3.72. The molecule has 0 bridgehead atoms. The molecule has 1 N–H and O–H groups in total.